The zero-order valence-corrected chi connectivity index (χ0v) is 10.2. The summed E-state index contributed by atoms with van der Waals surface area (Å²) in [5.41, 5.74) is 6.59. The maximum Gasteiger partial charge on any atom is 0.321 e. The van der Waals surface area contributed by atoms with Gasteiger partial charge in [-0.25, -0.2) is 4.79 Å². The number of hydrogen-bond donors (Lipinski definition) is 2. The molecule has 5 nitrogen and oxygen atoms in total. The van der Waals surface area contributed by atoms with E-state index in [1.165, 1.54) is 0 Å². The molecule has 0 aromatic rings. The van der Waals surface area contributed by atoms with E-state index < -0.39 is 0 Å². The number of amides is 2. The number of hydrogen-bond acceptors (Lipinski definition) is 3. The Bertz CT molecular complexity index is 253. The quantitative estimate of drug-likeness (QED) is 0.722. The van der Waals surface area contributed by atoms with E-state index >= 15 is 0 Å². The number of allylic oxidation sites excluding steroid dienone is 1. The second kappa shape index (κ2) is 6.50. The summed E-state index contributed by atoms with van der Waals surface area (Å²) in [6.07, 6.45) is 1.74. The molecule has 16 heavy (non-hydrogen) atoms. The number of carbonyl (C=O) groups excluding carboxylic acids is 1. The first kappa shape index (κ1) is 13.0. The van der Waals surface area contributed by atoms with Gasteiger partial charge in [0.05, 0.1) is 0 Å². The van der Waals surface area contributed by atoms with Gasteiger partial charge in [0, 0.05) is 45.5 Å². The standard InChI is InChI=1S/C11H22N4O/c1-10(2)9-13-11(16)15-7-5-14(4-3-12)6-8-15/h9H,3-8,12H2,1-2H3,(H,13,16). The average molecular weight is 226 g/mol. The topological polar surface area (TPSA) is 61.6 Å². The molecule has 1 heterocycles. The van der Waals surface area contributed by atoms with Gasteiger partial charge in [0.2, 0.25) is 0 Å². The van der Waals surface area contributed by atoms with Crippen molar-refractivity contribution in [2.24, 2.45) is 5.73 Å². The van der Waals surface area contributed by atoms with Crippen LogP contribution in [0.3, 0.4) is 0 Å². The molecule has 3 N–H and O–H groups in total. The Balaban J connectivity index is 2.30. The predicted octanol–water partition coefficient (Wildman–Crippen LogP) is 0.196. The van der Waals surface area contributed by atoms with Gasteiger partial charge in [-0.05, 0) is 13.8 Å². The fraction of sp³-hybridized carbons (Fsp3) is 0.727. The maximum absolute atomic E-state index is 11.7. The SMILES string of the molecule is CC(C)=CNC(=O)N1CCN(CCN)CC1. The van der Waals surface area contributed by atoms with Crippen LogP contribution in [0.4, 0.5) is 4.79 Å². The molecule has 0 radical (unpaired) electrons. The molecule has 0 aromatic heterocycles. The number of rotatable bonds is 3. The Hall–Kier alpha value is -1.07. The number of nitrogens with two attached hydrogens (primary N) is 1. The van der Waals surface area contributed by atoms with Crippen LogP contribution in [0, 0.1) is 0 Å². The van der Waals surface area contributed by atoms with Gasteiger partial charge in [-0.2, -0.15) is 0 Å². The van der Waals surface area contributed by atoms with E-state index in [2.05, 4.69) is 10.2 Å². The molecule has 1 aliphatic heterocycles. The summed E-state index contributed by atoms with van der Waals surface area (Å²) < 4.78 is 0. The van der Waals surface area contributed by atoms with E-state index in [0.29, 0.717) is 6.54 Å². The molecular formula is C11H22N4O. The minimum absolute atomic E-state index is 0.00593. The highest BCUT2D eigenvalue weighted by atomic mass is 16.2. The smallest absolute Gasteiger partial charge is 0.321 e. The Morgan fingerprint density at radius 1 is 1.31 bits per heavy atom. The fourth-order valence-corrected chi connectivity index (χ4v) is 1.65. The minimum Gasteiger partial charge on any atom is -0.329 e. The monoisotopic (exact) mass is 226 g/mol. The highest BCUT2D eigenvalue weighted by Gasteiger charge is 2.19. The van der Waals surface area contributed by atoms with Crippen LogP contribution in [0.25, 0.3) is 0 Å². The molecule has 92 valence electrons. The van der Waals surface area contributed by atoms with Crippen molar-refractivity contribution >= 4 is 6.03 Å². The number of urea groups is 1. The van der Waals surface area contributed by atoms with Gasteiger partial charge in [0.25, 0.3) is 0 Å². The van der Waals surface area contributed by atoms with E-state index in [1.807, 2.05) is 18.7 Å². The molecular weight excluding hydrogens is 204 g/mol. The Morgan fingerprint density at radius 3 is 2.44 bits per heavy atom. The van der Waals surface area contributed by atoms with E-state index in [9.17, 15) is 4.79 Å². The lowest BCUT2D eigenvalue weighted by Crippen LogP contribution is -2.51. The molecule has 0 spiro atoms. The Labute approximate surface area is 97.3 Å². The Kier molecular flexibility index (Phi) is 5.28. The van der Waals surface area contributed by atoms with Crippen molar-refractivity contribution in [1.82, 2.24) is 15.1 Å². The molecule has 0 bridgehead atoms. The molecule has 5 heteroatoms. The summed E-state index contributed by atoms with van der Waals surface area (Å²) in [6.45, 7) is 8.91. The van der Waals surface area contributed by atoms with Crippen molar-refractivity contribution in [2.75, 3.05) is 39.3 Å². The second-order valence-corrected chi connectivity index (χ2v) is 4.29. The van der Waals surface area contributed by atoms with Gasteiger partial charge in [-0.15, -0.1) is 0 Å². The molecule has 2 amide bonds. The van der Waals surface area contributed by atoms with Crippen molar-refractivity contribution in [1.29, 1.82) is 0 Å². The molecule has 0 aliphatic carbocycles. The van der Waals surface area contributed by atoms with Gasteiger partial charge < -0.3 is 16.0 Å². The molecule has 1 saturated heterocycles. The molecule has 0 aromatic carbocycles. The zero-order chi connectivity index (χ0) is 12.0. The zero-order valence-electron chi connectivity index (χ0n) is 10.2. The largest absolute Gasteiger partial charge is 0.329 e. The summed E-state index contributed by atoms with van der Waals surface area (Å²) in [7, 11) is 0. The van der Waals surface area contributed by atoms with Gasteiger partial charge >= 0.3 is 6.03 Å². The molecule has 1 aliphatic rings. The number of nitrogens with zero attached hydrogens (tertiary/aromatic N) is 2. The highest BCUT2D eigenvalue weighted by molar-refractivity contribution is 5.75. The van der Waals surface area contributed by atoms with Crippen molar-refractivity contribution in [3.05, 3.63) is 11.8 Å². The van der Waals surface area contributed by atoms with Crippen molar-refractivity contribution < 1.29 is 4.79 Å². The summed E-state index contributed by atoms with van der Waals surface area (Å²) in [4.78, 5) is 15.8. The lowest BCUT2D eigenvalue weighted by Gasteiger charge is -2.34. The van der Waals surface area contributed by atoms with E-state index in [0.717, 1.165) is 38.3 Å². The van der Waals surface area contributed by atoms with Crippen LogP contribution in [0.2, 0.25) is 0 Å². The van der Waals surface area contributed by atoms with Crippen LogP contribution in [0.5, 0.6) is 0 Å². The molecule has 0 unspecified atom stereocenters. The van der Waals surface area contributed by atoms with Gasteiger partial charge in [-0.3, -0.25) is 4.90 Å². The third-order valence-electron chi connectivity index (χ3n) is 2.59. The Morgan fingerprint density at radius 2 is 1.94 bits per heavy atom. The number of piperazine rings is 1. The van der Waals surface area contributed by atoms with E-state index in [-0.39, 0.29) is 6.03 Å². The normalized spacial score (nSPS) is 17.1. The summed E-state index contributed by atoms with van der Waals surface area (Å²) >= 11 is 0. The number of nitrogens with one attached hydrogen (secondary N) is 1. The summed E-state index contributed by atoms with van der Waals surface area (Å²) in [5.74, 6) is 0. The van der Waals surface area contributed by atoms with Crippen LogP contribution >= 0.6 is 0 Å². The first-order chi connectivity index (χ1) is 7.63. The fourth-order valence-electron chi connectivity index (χ4n) is 1.65. The van der Waals surface area contributed by atoms with Gasteiger partial charge in [-0.1, -0.05) is 5.57 Å². The van der Waals surface area contributed by atoms with Crippen LogP contribution in [0.1, 0.15) is 13.8 Å². The van der Waals surface area contributed by atoms with Crippen LogP contribution in [-0.4, -0.2) is 55.1 Å². The highest BCUT2D eigenvalue weighted by Crippen LogP contribution is 2.01. The van der Waals surface area contributed by atoms with E-state index in [4.69, 9.17) is 5.73 Å². The summed E-state index contributed by atoms with van der Waals surface area (Å²) in [6, 6.07) is -0.00593. The maximum atomic E-state index is 11.7. The van der Waals surface area contributed by atoms with Crippen LogP contribution in [-0.2, 0) is 0 Å². The number of carbonyl (C=O) groups is 1. The molecule has 0 saturated carbocycles. The summed E-state index contributed by atoms with van der Waals surface area (Å²) in [5, 5.41) is 2.78. The van der Waals surface area contributed by atoms with Crippen molar-refractivity contribution in [3.8, 4) is 0 Å². The lowest BCUT2D eigenvalue weighted by atomic mass is 10.3. The van der Waals surface area contributed by atoms with Crippen LogP contribution in [0.15, 0.2) is 11.8 Å². The van der Waals surface area contributed by atoms with Crippen molar-refractivity contribution in [2.45, 2.75) is 13.8 Å². The average Bonchev–Trinajstić information content (AvgIpc) is 2.27. The van der Waals surface area contributed by atoms with E-state index in [1.54, 1.807) is 6.20 Å². The first-order valence-corrected chi connectivity index (χ1v) is 5.74. The van der Waals surface area contributed by atoms with Gasteiger partial charge in [0.15, 0.2) is 0 Å². The second-order valence-electron chi connectivity index (χ2n) is 4.29. The predicted molar refractivity (Wildman–Crippen MR) is 65.0 cm³/mol. The van der Waals surface area contributed by atoms with Crippen LogP contribution < -0.4 is 11.1 Å². The molecule has 0 atom stereocenters. The molecule has 1 rings (SSSR count). The van der Waals surface area contributed by atoms with Crippen molar-refractivity contribution in [3.63, 3.8) is 0 Å². The third kappa shape index (κ3) is 4.20. The first-order valence-electron chi connectivity index (χ1n) is 5.74. The third-order valence-corrected chi connectivity index (χ3v) is 2.59. The minimum atomic E-state index is -0.00593. The lowest BCUT2D eigenvalue weighted by molar-refractivity contribution is 0.143. The van der Waals surface area contributed by atoms with Gasteiger partial charge in [0.1, 0.15) is 0 Å². The molecule has 1 fully saturated rings.